The fourth-order valence-corrected chi connectivity index (χ4v) is 19.0. The standard InChI is InChI=1S/2C36H46ClN3O7S/c2*1-22-7-5-16-36(44,32(41)34(43)39(3)4)29-12-9-26(29)19-40-20-35(15-6-8-24-17-27(37)11-13-28(24)35)21-47-31-14-10-25(18-30(31)40)33(42)38-48(45,46)23(22)2/h2*5,10-11,13-14,16-18,22-23,26,29,32,41,44H,6-9,12,15,19-21H2,1-4H3,(H,38,42)/b2*16-5+/t22-,23+,26-,29+,32+,35-,36+;22-,23+,26-,29+,32-,35-,36+/m00/s1. The van der Waals surface area contributed by atoms with E-state index in [2.05, 4.69) is 31.4 Å². The van der Waals surface area contributed by atoms with E-state index in [1.54, 1.807) is 62.4 Å². The molecule has 4 heterocycles. The molecule has 12 rings (SSSR count). The number of aliphatic hydroxyl groups excluding tert-OH is 2. The summed E-state index contributed by atoms with van der Waals surface area (Å²) in [5.74, 6) is -3.50. The molecular weight excluding hydrogens is 1310 g/mol. The van der Waals surface area contributed by atoms with Crippen LogP contribution in [0.5, 0.6) is 11.5 Å². The van der Waals surface area contributed by atoms with Crippen LogP contribution in [0.15, 0.2) is 97.1 Å². The number of fused-ring (bicyclic) bond motifs is 8. The maximum absolute atomic E-state index is 13.5. The molecule has 4 aromatic carbocycles. The average molecular weight is 1400 g/mol. The van der Waals surface area contributed by atoms with Gasteiger partial charge in [0, 0.05) is 86.4 Å². The van der Waals surface area contributed by atoms with Crippen molar-refractivity contribution in [3.05, 3.63) is 141 Å². The second-order valence-corrected chi connectivity index (χ2v) is 34.0. The Bertz CT molecular complexity index is 3710. The number of aryl methyl sites for hydroxylation is 2. The zero-order valence-corrected chi connectivity index (χ0v) is 59.1. The molecule has 14 atom stereocenters. The molecule has 0 radical (unpaired) electrons. The molecule has 8 aliphatic rings. The third-order valence-corrected chi connectivity index (χ3v) is 26.9. The van der Waals surface area contributed by atoms with Crippen LogP contribution in [-0.2, 0) is 53.3 Å². The average Bonchev–Trinajstić information content (AvgIpc) is 1.14. The number of likely N-dealkylation sites (N-methyl/N-ethyl adjacent to an activating group) is 2. The molecule has 4 aliphatic heterocycles. The fraction of sp³-hybridized carbons (Fsp3) is 0.556. The van der Waals surface area contributed by atoms with Crippen molar-refractivity contribution in [1.82, 2.24) is 19.2 Å². The SMILES string of the molecule is C[C@@H]1[C@@H](C)C/C=C/[C@](O)([C@@H](O)C(=O)N(C)C)[C@@H]2CC[C@H]2CN2C[C@@]3(CCCc4cc(Cl)ccc43)COc3ccc(cc32)C(=O)NS1(=O)=O.C[C@@H]1[C@@H](C)C/C=C/[C@](O)([C@H](O)C(=O)N(C)C)[C@@H]2CC[C@H]2CN2C[C@@]3(CCCc4cc(Cl)ccc43)COc3ccc(cc32)C(=O)NS1(=O)=O. The van der Waals surface area contributed by atoms with Gasteiger partial charge in [0.15, 0.2) is 12.2 Å². The van der Waals surface area contributed by atoms with Crippen molar-refractivity contribution in [1.29, 1.82) is 0 Å². The van der Waals surface area contributed by atoms with E-state index in [0.717, 1.165) is 51.4 Å². The molecule has 2 fully saturated rings. The minimum absolute atomic E-state index is 0.109. The molecule has 6 N–H and O–H groups in total. The van der Waals surface area contributed by atoms with Gasteiger partial charge < -0.3 is 49.5 Å². The molecule has 2 spiro atoms. The molecule has 0 unspecified atom stereocenters. The zero-order valence-electron chi connectivity index (χ0n) is 56.0. The summed E-state index contributed by atoms with van der Waals surface area (Å²) in [4.78, 5) is 60.1. The predicted octanol–water partition coefficient (Wildman–Crippen LogP) is 8.13. The van der Waals surface area contributed by atoms with Crippen molar-refractivity contribution in [2.24, 2.45) is 35.5 Å². The first-order valence-electron chi connectivity index (χ1n) is 33.6. The van der Waals surface area contributed by atoms with Crippen molar-refractivity contribution in [2.45, 2.75) is 149 Å². The van der Waals surface area contributed by atoms with Gasteiger partial charge in [-0.25, -0.2) is 26.3 Å². The molecule has 4 amide bonds. The number of amides is 4. The van der Waals surface area contributed by atoms with Gasteiger partial charge in [-0.15, -0.1) is 0 Å². The van der Waals surface area contributed by atoms with Gasteiger partial charge >= 0.3 is 0 Å². The number of carbonyl (C=O) groups excluding carboxylic acids is 4. The minimum atomic E-state index is -4.08. The number of anilines is 2. The molecule has 0 aromatic heterocycles. The minimum Gasteiger partial charge on any atom is -0.490 e. The molecule has 2 saturated carbocycles. The number of ether oxygens (including phenoxy) is 2. The summed E-state index contributed by atoms with van der Waals surface area (Å²) < 4.78 is 71.1. The number of allylic oxidation sites excluding steroid dienone is 2. The van der Waals surface area contributed by atoms with Crippen LogP contribution in [0.2, 0.25) is 10.0 Å². The summed E-state index contributed by atoms with van der Waals surface area (Å²) in [6, 6.07) is 22.0. The lowest BCUT2D eigenvalue weighted by atomic mass is 9.62. The Morgan fingerprint density at radius 3 is 1.32 bits per heavy atom. The Morgan fingerprint density at radius 1 is 0.583 bits per heavy atom. The highest BCUT2D eigenvalue weighted by atomic mass is 35.5. The van der Waals surface area contributed by atoms with E-state index >= 15 is 0 Å². The summed E-state index contributed by atoms with van der Waals surface area (Å²) in [5, 5.41) is 46.8. The van der Waals surface area contributed by atoms with Crippen LogP contribution in [0.25, 0.3) is 0 Å². The largest absolute Gasteiger partial charge is 0.490 e. The number of sulfonamides is 2. The van der Waals surface area contributed by atoms with Crippen molar-refractivity contribution < 1.29 is 65.9 Å². The third kappa shape index (κ3) is 13.7. The van der Waals surface area contributed by atoms with Crippen LogP contribution in [-0.4, -0.2) is 172 Å². The van der Waals surface area contributed by atoms with Gasteiger partial charge in [0.05, 0.1) is 35.1 Å². The number of hydrogen-bond donors (Lipinski definition) is 6. The second kappa shape index (κ2) is 27.5. The maximum Gasteiger partial charge on any atom is 0.264 e. The van der Waals surface area contributed by atoms with E-state index in [1.807, 2.05) is 24.3 Å². The van der Waals surface area contributed by atoms with Crippen molar-refractivity contribution >= 4 is 78.3 Å². The monoisotopic (exact) mass is 1400 g/mol. The Balaban J connectivity index is 0.000000195. The number of nitrogens with zero attached hydrogens (tertiary/aromatic N) is 4. The molecule has 4 aliphatic carbocycles. The summed E-state index contributed by atoms with van der Waals surface area (Å²) in [5.41, 5.74) is 1.83. The summed E-state index contributed by atoms with van der Waals surface area (Å²) >= 11 is 12.8. The summed E-state index contributed by atoms with van der Waals surface area (Å²) in [6.45, 7) is 9.39. The Labute approximate surface area is 574 Å². The third-order valence-electron chi connectivity index (χ3n) is 22.6. The van der Waals surface area contributed by atoms with Gasteiger partial charge in [-0.3, -0.25) is 19.2 Å². The molecule has 4 aromatic rings. The van der Waals surface area contributed by atoms with Gasteiger partial charge in [0.2, 0.25) is 20.0 Å². The number of hydrogen-bond acceptors (Lipinski definition) is 16. The molecule has 24 heteroatoms. The van der Waals surface area contributed by atoms with E-state index in [1.165, 1.54) is 86.2 Å². The first kappa shape index (κ1) is 71.1. The summed E-state index contributed by atoms with van der Waals surface area (Å²) in [6.07, 6.45) is 11.5. The molecule has 4 bridgehead atoms. The van der Waals surface area contributed by atoms with Crippen molar-refractivity contribution in [3.63, 3.8) is 0 Å². The number of benzene rings is 4. The van der Waals surface area contributed by atoms with Gasteiger partial charge in [-0.1, -0.05) is 73.5 Å². The molecule has 96 heavy (non-hydrogen) atoms. The van der Waals surface area contributed by atoms with Gasteiger partial charge in [-0.05, 0) is 209 Å². The predicted molar refractivity (Wildman–Crippen MR) is 370 cm³/mol. The van der Waals surface area contributed by atoms with Crippen LogP contribution in [0.3, 0.4) is 0 Å². The summed E-state index contributed by atoms with van der Waals surface area (Å²) in [7, 11) is -2.00. The highest BCUT2D eigenvalue weighted by molar-refractivity contribution is 7.91. The van der Waals surface area contributed by atoms with Crippen molar-refractivity contribution in [3.8, 4) is 11.5 Å². The van der Waals surface area contributed by atoms with E-state index < -0.39 is 112 Å². The lowest BCUT2D eigenvalue weighted by Gasteiger charge is -2.50. The van der Waals surface area contributed by atoms with Crippen LogP contribution < -0.4 is 28.7 Å². The van der Waals surface area contributed by atoms with Gasteiger partial charge in [-0.2, -0.15) is 0 Å². The van der Waals surface area contributed by atoms with E-state index in [9.17, 15) is 56.4 Å². The van der Waals surface area contributed by atoms with Crippen molar-refractivity contribution in [2.75, 3.05) is 77.4 Å². The highest BCUT2D eigenvalue weighted by Gasteiger charge is 2.55. The van der Waals surface area contributed by atoms with Crippen LogP contribution >= 0.6 is 23.2 Å². The Kier molecular flexibility index (Phi) is 20.3. The van der Waals surface area contributed by atoms with Crippen LogP contribution in [0, 0.1) is 35.5 Å². The maximum atomic E-state index is 13.5. The number of aliphatic hydroxyl groups is 4. The smallest absolute Gasteiger partial charge is 0.264 e. The molecular formula is C72H92Cl2N6O14S2. The van der Waals surface area contributed by atoms with Gasteiger partial charge in [0.25, 0.3) is 23.6 Å². The molecule has 0 saturated heterocycles. The lowest BCUT2D eigenvalue weighted by molar-refractivity contribution is -0.163. The quantitative estimate of drug-likeness (QED) is 0.105. The lowest BCUT2D eigenvalue weighted by Crippen LogP contribution is -2.60. The number of rotatable bonds is 4. The van der Waals surface area contributed by atoms with Crippen LogP contribution in [0.1, 0.15) is 135 Å². The van der Waals surface area contributed by atoms with E-state index in [0.29, 0.717) is 85.2 Å². The zero-order chi connectivity index (χ0) is 69.2. The topological polar surface area (TPSA) is 273 Å². The van der Waals surface area contributed by atoms with Crippen LogP contribution in [0.4, 0.5) is 11.4 Å². The first-order valence-corrected chi connectivity index (χ1v) is 37.5. The molecule has 20 nitrogen and oxygen atoms in total. The first-order chi connectivity index (χ1) is 45.3. The highest BCUT2D eigenvalue weighted by Crippen LogP contribution is 2.52. The normalized spacial score (nSPS) is 32.7. The number of carbonyl (C=O) groups is 4. The molecule has 520 valence electrons. The number of nitrogens with one attached hydrogen (secondary N) is 2. The second-order valence-electron chi connectivity index (χ2n) is 29.1. The van der Waals surface area contributed by atoms with E-state index in [-0.39, 0.29) is 35.8 Å². The fourth-order valence-electron chi connectivity index (χ4n) is 16.1. The Hall–Kier alpha value is -6.24. The van der Waals surface area contributed by atoms with E-state index in [4.69, 9.17) is 32.7 Å². The number of halogens is 2. The van der Waals surface area contributed by atoms with Gasteiger partial charge in [0.1, 0.15) is 22.7 Å². The Morgan fingerprint density at radius 2 is 0.969 bits per heavy atom.